The Labute approximate surface area is 120 Å². The molecule has 0 bridgehead atoms. The van der Waals surface area contributed by atoms with Gasteiger partial charge in [-0.2, -0.15) is 0 Å². The van der Waals surface area contributed by atoms with Crippen LogP contribution < -0.4 is 10.6 Å². The summed E-state index contributed by atoms with van der Waals surface area (Å²) < 4.78 is 0. The number of rotatable bonds is 6. The second-order valence-electron chi connectivity index (χ2n) is 5.62. The number of carbonyl (C=O) groups excluding carboxylic acids is 1. The summed E-state index contributed by atoms with van der Waals surface area (Å²) >= 11 is 0. The maximum Gasteiger partial charge on any atom is 0.251 e. The summed E-state index contributed by atoms with van der Waals surface area (Å²) in [5.74, 6) is -0.0861. The zero-order valence-electron chi connectivity index (χ0n) is 12.1. The van der Waals surface area contributed by atoms with Gasteiger partial charge in [0.15, 0.2) is 0 Å². The molecule has 1 aromatic carbocycles. The van der Waals surface area contributed by atoms with Crippen LogP contribution in [0.25, 0.3) is 0 Å². The molecule has 20 heavy (non-hydrogen) atoms. The van der Waals surface area contributed by atoms with E-state index in [1.165, 1.54) is 0 Å². The van der Waals surface area contributed by atoms with Crippen LogP contribution in [-0.4, -0.2) is 36.8 Å². The highest BCUT2D eigenvalue weighted by Gasteiger charge is 2.31. The first-order valence-corrected chi connectivity index (χ1v) is 7.38. The fraction of sp³-hybridized carbons (Fsp3) is 0.562. The standard InChI is InChI=1S/C16H24N2O2/c1-17-11-8-13-6-2-3-7-14(13)15(19)18-12-16(20)9-4-5-10-16/h2-3,6-7,17,20H,4-5,8-12H2,1H3,(H,18,19). The number of amides is 1. The third-order valence-corrected chi connectivity index (χ3v) is 4.02. The maximum atomic E-state index is 12.3. The Morgan fingerprint density at radius 3 is 2.70 bits per heavy atom. The lowest BCUT2D eigenvalue weighted by Crippen LogP contribution is -2.41. The highest BCUT2D eigenvalue weighted by molar-refractivity contribution is 5.95. The summed E-state index contributed by atoms with van der Waals surface area (Å²) in [6.45, 7) is 1.19. The van der Waals surface area contributed by atoms with Crippen molar-refractivity contribution in [2.24, 2.45) is 0 Å². The van der Waals surface area contributed by atoms with Crippen LogP contribution in [0.5, 0.6) is 0 Å². The molecule has 0 aromatic heterocycles. The minimum absolute atomic E-state index is 0.0861. The minimum atomic E-state index is -0.699. The Morgan fingerprint density at radius 1 is 1.30 bits per heavy atom. The van der Waals surface area contributed by atoms with E-state index < -0.39 is 5.60 Å². The third kappa shape index (κ3) is 3.81. The SMILES string of the molecule is CNCCc1ccccc1C(=O)NCC1(O)CCCC1. The van der Waals surface area contributed by atoms with Gasteiger partial charge in [-0.1, -0.05) is 31.0 Å². The van der Waals surface area contributed by atoms with Crippen LogP contribution in [0.2, 0.25) is 0 Å². The van der Waals surface area contributed by atoms with Crippen LogP contribution in [0.15, 0.2) is 24.3 Å². The van der Waals surface area contributed by atoms with E-state index in [4.69, 9.17) is 0 Å². The largest absolute Gasteiger partial charge is 0.388 e. The summed E-state index contributed by atoms with van der Waals surface area (Å²) in [4.78, 5) is 12.3. The van der Waals surface area contributed by atoms with E-state index in [9.17, 15) is 9.90 Å². The highest BCUT2D eigenvalue weighted by Crippen LogP contribution is 2.28. The summed E-state index contributed by atoms with van der Waals surface area (Å²) in [5, 5.41) is 16.3. The monoisotopic (exact) mass is 276 g/mol. The van der Waals surface area contributed by atoms with Crippen LogP contribution >= 0.6 is 0 Å². The second kappa shape index (κ2) is 6.86. The first-order chi connectivity index (χ1) is 9.64. The molecule has 2 rings (SSSR count). The van der Waals surface area contributed by atoms with E-state index in [1.54, 1.807) is 0 Å². The van der Waals surface area contributed by atoms with Crippen molar-refractivity contribution >= 4 is 5.91 Å². The van der Waals surface area contributed by atoms with Gasteiger partial charge in [-0.15, -0.1) is 0 Å². The van der Waals surface area contributed by atoms with Crippen molar-refractivity contribution in [3.05, 3.63) is 35.4 Å². The van der Waals surface area contributed by atoms with Gasteiger partial charge in [0.05, 0.1) is 5.60 Å². The molecule has 0 saturated heterocycles. The minimum Gasteiger partial charge on any atom is -0.388 e. The van der Waals surface area contributed by atoms with Crippen molar-refractivity contribution in [3.63, 3.8) is 0 Å². The van der Waals surface area contributed by atoms with Crippen LogP contribution in [0.1, 0.15) is 41.6 Å². The average Bonchev–Trinajstić information content (AvgIpc) is 2.90. The number of hydrogen-bond acceptors (Lipinski definition) is 3. The molecule has 1 aliphatic rings. The molecular weight excluding hydrogens is 252 g/mol. The van der Waals surface area contributed by atoms with Crippen LogP contribution in [0, 0.1) is 0 Å². The fourth-order valence-electron chi connectivity index (χ4n) is 2.77. The Morgan fingerprint density at radius 2 is 2.00 bits per heavy atom. The first kappa shape index (κ1) is 15.0. The number of benzene rings is 1. The van der Waals surface area contributed by atoms with Gasteiger partial charge < -0.3 is 15.7 Å². The lowest BCUT2D eigenvalue weighted by atomic mass is 10.0. The van der Waals surface area contributed by atoms with Gasteiger partial charge >= 0.3 is 0 Å². The molecule has 0 heterocycles. The Hall–Kier alpha value is -1.39. The summed E-state index contributed by atoms with van der Waals surface area (Å²) in [7, 11) is 1.90. The van der Waals surface area contributed by atoms with Crippen molar-refractivity contribution < 1.29 is 9.90 Å². The molecule has 0 atom stereocenters. The van der Waals surface area contributed by atoms with Crippen LogP contribution in [0.4, 0.5) is 0 Å². The van der Waals surface area contributed by atoms with Gasteiger partial charge in [0.2, 0.25) is 0 Å². The van der Waals surface area contributed by atoms with Crippen LogP contribution in [0.3, 0.4) is 0 Å². The maximum absolute atomic E-state index is 12.3. The van der Waals surface area contributed by atoms with Crippen molar-refractivity contribution in [1.29, 1.82) is 0 Å². The Kier molecular flexibility index (Phi) is 5.15. The molecule has 0 unspecified atom stereocenters. The first-order valence-electron chi connectivity index (χ1n) is 7.38. The van der Waals surface area contributed by atoms with Gasteiger partial charge in [-0.05, 0) is 44.5 Å². The van der Waals surface area contributed by atoms with Crippen molar-refractivity contribution in [3.8, 4) is 0 Å². The molecule has 4 heteroatoms. The number of carbonyl (C=O) groups is 1. The predicted octanol–water partition coefficient (Wildman–Crippen LogP) is 1.48. The number of hydrogen-bond donors (Lipinski definition) is 3. The number of likely N-dealkylation sites (N-methyl/N-ethyl adjacent to an activating group) is 1. The number of nitrogens with one attached hydrogen (secondary N) is 2. The van der Waals surface area contributed by atoms with Gasteiger partial charge in [-0.3, -0.25) is 4.79 Å². The van der Waals surface area contributed by atoms with Gasteiger partial charge in [0, 0.05) is 12.1 Å². The number of aliphatic hydroxyl groups is 1. The smallest absolute Gasteiger partial charge is 0.251 e. The van der Waals surface area contributed by atoms with Gasteiger partial charge in [0.25, 0.3) is 5.91 Å². The Balaban J connectivity index is 1.98. The molecule has 0 aliphatic heterocycles. The zero-order valence-corrected chi connectivity index (χ0v) is 12.1. The molecule has 0 spiro atoms. The van der Waals surface area contributed by atoms with E-state index in [2.05, 4.69) is 10.6 Å². The third-order valence-electron chi connectivity index (χ3n) is 4.02. The normalized spacial score (nSPS) is 17.1. The summed E-state index contributed by atoms with van der Waals surface area (Å²) in [5.41, 5.74) is 1.05. The molecular formula is C16H24N2O2. The molecule has 1 amide bonds. The van der Waals surface area contributed by atoms with E-state index in [0.29, 0.717) is 12.1 Å². The quantitative estimate of drug-likeness (QED) is 0.737. The molecule has 1 fully saturated rings. The second-order valence-corrected chi connectivity index (χ2v) is 5.62. The highest BCUT2D eigenvalue weighted by atomic mass is 16.3. The average molecular weight is 276 g/mol. The topological polar surface area (TPSA) is 61.4 Å². The van der Waals surface area contributed by atoms with E-state index in [0.717, 1.165) is 44.2 Å². The predicted molar refractivity (Wildman–Crippen MR) is 79.8 cm³/mol. The van der Waals surface area contributed by atoms with E-state index in [-0.39, 0.29) is 5.91 Å². The van der Waals surface area contributed by atoms with Crippen molar-refractivity contribution in [2.45, 2.75) is 37.7 Å². The van der Waals surface area contributed by atoms with Crippen molar-refractivity contribution in [2.75, 3.05) is 20.1 Å². The van der Waals surface area contributed by atoms with Gasteiger partial charge in [0.1, 0.15) is 0 Å². The van der Waals surface area contributed by atoms with E-state index in [1.807, 2.05) is 31.3 Å². The summed E-state index contributed by atoms with van der Waals surface area (Å²) in [6, 6.07) is 7.66. The van der Waals surface area contributed by atoms with E-state index >= 15 is 0 Å². The molecule has 1 aliphatic carbocycles. The lowest BCUT2D eigenvalue weighted by molar-refractivity contribution is 0.0449. The molecule has 1 aromatic rings. The molecule has 1 saturated carbocycles. The fourth-order valence-corrected chi connectivity index (χ4v) is 2.77. The lowest BCUT2D eigenvalue weighted by Gasteiger charge is -2.22. The van der Waals surface area contributed by atoms with Gasteiger partial charge in [-0.25, -0.2) is 0 Å². The molecule has 110 valence electrons. The zero-order chi connectivity index (χ0) is 14.4. The summed E-state index contributed by atoms with van der Waals surface area (Å²) in [6.07, 6.45) is 4.49. The van der Waals surface area contributed by atoms with Crippen molar-refractivity contribution in [1.82, 2.24) is 10.6 Å². The molecule has 4 nitrogen and oxygen atoms in total. The molecule has 3 N–H and O–H groups in total. The Bertz CT molecular complexity index is 454. The van der Waals surface area contributed by atoms with Crippen LogP contribution in [-0.2, 0) is 6.42 Å². The molecule has 0 radical (unpaired) electrons.